The first-order chi connectivity index (χ1) is 7.69. The fourth-order valence-electron chi connectivity index (χ4n) is 1.30. The molecule has 1 atom stereocenters. The van der Waals surface area contributed by atoms with Gasteiger partial charge in [-0.15, -0.1) is 11.6 Å². The third kappa shape index (κ3) is 4.01. The van der Waals surface area contributed by atoms with E-state index < -0.39 is 0 Å². The van der Waals surface area contributed by atoms with Crippen LogP contribution in [0.1, 0.15) is 5.56 Å². The van der Waals surface area contributed by atoms with Crippen LogP contribution in [0.4, 0.5) is 4.39 Å². The Bertz CT molecular complexity index is 338. The van der Waals surface area contributed by atoms with E-state index >= 15 is 0 Å². The summed E-state index contributed by atoms with van der Waals surface area (Å²) in [7, 11) is 1.62. The highest BCUT2D eigenvalue weighted by Crippen LogP contribution is 2.20. The van der Waals surface area contributed by atoms with Gasteiger partial charge in [-0.1, -0.05) is 12.1 Å². The highest BCUT2D eigenvalue weighted by molar-refractivity contribution is 9.10. The summed E-state index contributed by atoms with van der Waals surface area (Å²) in [5, 5.41) is 3.20. The lowest BCUT2D eigenvalue weighted by Crippen LogP contribution is -2.34. The van der Waals surface area contributed by atoms with Gasteiger partial charge in [-0.25, -0.2) is 4.39 Å². The van der Waals surface area contributed by atoms with Crippen molar-refractivity contribution < 1.29 is 9.13 Å². The zero-order valence-electron chi connectivity index (χ0n) is 8.97. The second kappa shape index (κ2) is 7.22. The Morgan fingerprint density at radius 1 is 1.56 bits per heavy atom. The number of benzene rings is 1. The first kappa shape index (κ1) is 13.9. The minimum absolute atomic E-state index is 0.0711. The van der Waals surface area contributed by atoms with Crippen LogP contribution in [0.25, 0.3) is 0 Å². The van der Waals surface area contributed by atoms with E-state index in [1.807, 2.05) is 6.07 Å². The summed E-state index contributed by atoms with van der Waals surface area (Å²) in [6, 6.07) is 5.03. The molecule has 0 heterocycles. The van der Waals surface area contributed by atoms with Crippen molar-refractivity contribution in [1.29, 1.82) is 0 Å². The van der Waals surface area contributed by atoms with E-state index in [4.69, 9.17) is 16.3 Å². The van der Waals surface area contributed by atoms with Gasteiger partial charge in [0, 0.05) is 25.6 Å². The van der Waals surface area contributed by atoms with E-state index in [2.05, 4.69) is 21.2 Å². The molecule has 0 saturated carbocycles. The number of methoxy groups -OCH3 is 1. The molecule has 0 spiro atoms. The maximum absolute atomic E-state index is 13.2. The normalized spacial score (nSPS) is 12.8. The summed E-state index contributed by atoms with van der Waals surface area (Å²) in [5.41, 5.74) is 0.867. The molecule has 1 aromatic rings. The first-order valence-corrected chi connectivity index (χ1v) is 6.23. The second-order valence-electron chi connectivity index (χ2n) is 3.40. The fourth-order valence-corrected chi connectivity index (χ4v) is 1.90. The topological polar surface area (TPSA) is 21.3 Å². The van der Waals surface area contributed by atoms with Crippen LogP contribution < -0.4 is 5.32 Å². The fraction of sp³-hybridized carbons (Fsp3) is 0.455. The number of nitrogens with one attached hydrogen (secondary N) is 1. The molecular weight excluding hydrogens is 296 g/mol. The molecule has 5 heteroatoms. The van der Waals surface area contributed by atoms with Crippen molar-refractivity contribution in [3.05, 3.63) is 34.1 Å². The molecule has 1 rings (SSSR count). The summed E-state index contributed by atoms with van der Waals surface area (Å²) >= 11 is 8.97. The highest BCUT2D eigenvalue weighted by Gasteiger charge is 2.09. The van der Waals surface area contributed by atoms with Crippen molar-refractivity contribution in [3.63, 3.8) is 0 Å². The Balaban J connectivity index is 2.56. The van der Waals surface area contributed by atoms with E-state index in [-0.39, 0.29) is 11.9 Å². The Morgan fingerprint density at radius 3 is 2.94 bits per heavy atom. The van der Waals surface area contributed by atoms with Crippen molar-refractivity contribution in [2.24, 2.45) is 0 Å². The monoisotopic (exact) mass is 309 g/mol. The van der Waals surface area contributed by atoms with Gasteiger partial charge in [0.15, 0.2) is 0 Å². The summed E-state index contributed by atoms with van der Waals surface area (Å²) < 4.78 is 18.7. The molecule has 1 unspecified atom stereocenters. The molecular formula is C11H14BrClFNO. The first-order valence-electron chi connectivity index (χ1n) is 4.90. The van der Waals surface area contributed by atoms with E-state index in [0.717, 1.165) is 5.56 Å². The SMILES string of the molecule is COCC(CCl)NCc1cccc(F)c1Br. The lowest BCUT2D eigenvalue weighted by molar-refractivity contribution is 0.172. The number of alkyl halides is 1. The molecule has 0 aliphatic heterocycles. The van der Waals surface area contributed by atoms with Crippen LogP contribution in [0.2, 0.25) is 0 Å². The molecule has 2 nitrogen and oxygen atoms in total. The maximum Gasteiger partial charge on any atom is 0.137 e. The number of ether oxygens (including phenoxy) is 1. The van der Waals surface area contributed by atoms with Gasteiger partial charge in [-0.05, 0) is 27.6 Å². The average Bonchev–Trinajstić information content (AvgIpc) is 2.29. The van der Waals surface area contributed by atoms with Crippen LogP contribution >= 0.6 is 27.5 Å². The Labute approximate surface area is 108 Å². The predicted octanol–water partition coefficient (Wildman–Crippen LogP) is 2.93. The van der Waals surface area contributed by atoms with Crippen molar-refractivity contribution in [3.8, 4) is 0 Å². The van der Waals surface area contributed by atoms with Crippen LogP contribution in [0.3, 0.4) is 0 Å². The molecule has 0 radical (unpaired) electrons. The standard InChI is InChI=1S/C11H14BrClFNO/c1-16-7-9(5-13)15-6-8-3-2-4-10(14)11(8)12/h2-4,9,15H,5-7H2,1H3. The number of halogens is 3. The largest absolute Gasteiger partial charge is 0.383 e. The molecule has 0 fully saturated rings. The summed E-state index contributed by atoms with van der Waals surface area (Å²) in [4.78, 5) is 0. The van der Waals surface area contributed by atoms with Gasteiger partial charge in [0.05, 0.1) is 11.1 Å². The molecule has 90 valence electrons. The van der Waals surface area contributed by atoms with Crippen molar-refractivity contribution in [1.82, 2.24) is 5.32 Å². The highest BCUT2D eigenvalue weighted by atomic mass is 79.9. The minimum Gasteiger partial charge on any atom is -0.383 e. The molecule has 16 heavy (non-hydrogen) atoms. The minimum atomic E-state index is -0.256. The van der Waals surface area contributed by atoms with Crippen LogP contribution in [-0.2, 0) is 11.3 Å². The third-order valence-corrected chi connectivity index (χ3v) is 3.43. The number of rotatable bonds is 6. The molecule has 0 aromatic heterocycles. The maximum atomic E-state index is 13.2. The van der Waals surface area contributed by atoms with E-state index in [9.17, 15) is 4.39 Å². The van der Waals surface area contributed by atoms with Crippen molar-refractivity contribution >= 4 is 27.5 Å². The van der Waals surface area contributed by atoms with Gasteiger partial charge in [0.25, 0.3) is 0 Å². The molecule has 0 aliphatic rings. The van der Waals surface area contributed by atoms with Gasteiger partial charge in [-0.2, -0.15) is 0 Å². The van der Waals surface area contributed by atoms with Crippen LogP contribution in [0.15, 0.2) is 22.7 Å². The smallest absolute Gasteiger partial charge is 0.137 e. The van der Waals surface area contributed by atoms with Gasteiger partial charge in [0.2, 0.25) is 0 Å². The van der Waals surface area contributed by atoms with Crippen LogP contribution in [0.5, 0.6) is 0 Å². The molecule has 0 amide bonds. The third-order valence-electron chi connectivity index (χ3n) is 2.17. The summed E-state index contributed by atoms with van der Waals surface area (Å²) in [6.45, 7) is 1.09. The van der Waals surface area contributed by atoms with Gasteiger partial charge < -0.3 is 10.1 Å². The van der Waals surface area contributed by atoms with E-state index in [1.165, 1.54) is 6.07 Å². The lowest BCUT2D eigenvalue weighted by Gasteiger charge is -2.15. The Kier molecular flexibility index (Phi) is 6.28. The van der Waals surface area contributed by atoms with Gasteiger partial charge in [-0.3, -0.25) is 0 Å². The second-order valence-corrected chi connectivity index (χ2v) is 4.50. The Hall–Kier alpha value is -0.160. The molecule has 0 saturated heterocycles. The molecule has 0 bridgehead atoms. The zero-order valence-corrected chi connectivity index (χ0v) is 11.3. The molecule has 1 aromatic carbocycles. The van der Waals surface area contributed by atoms with Crippen LogP contribution in [0, 0.1) is 5.82 Å². The number of hydrogen-bond donors (Lipinski definition) is 1. The lowest BCUT2D eigenvalue weighted by atomic mass is 10.2. The zero-order chi connectivity index (χ0) is 12.0. The Morgan fingerprint density at radius 2 is 2.31 bits per heavy atom. The molecule has 1 N–H and O–H groups in total. The van der Waals surface area contributed by atoms with E-state index in [1.54, 1.807) is 13.2 Å². The summed E-state index contributed by atoms with van der Waals surface area (Å²) in [6.07, 6.45) is 0. The van der Waals surface area contributed by atoms with Crippen LogP contribution in [-0.4, -0.2) is 25.6 Å². The molecule has 0 aliphatic carbocycles. The predicted molar refractivity (Wildman–Crippen MR) is 67.3 cm³/mol. The number of hydrogen-bond acceptors (Lipinski definition) is 2. The average molecular weight is 311 g/mol. The van der Waals surface area contributed by atoms with Crippen molar-refractivity contribution in [2.75, 3.05) is 19.6 Å². The van der Waals surface area contributed by atoms with E-state index in [0.29, 0.717) is 23.5 Å². The quantitative estimate of drug-likeness (QED) is 0.816. The summed E-state index contributed by atoms with van der Waals surface area (Å²) in [5.74, 6) is 0.203. The van der Waals surface area contributed by atoms with Gasteiger partial charge >= 0.3 is 0 Å². The van der Waals surface area contributed by atoms with Gasteiger partial charge in [0.1, 0.15) is 5.82 Å². The van der Waals surface area contributed by atoms with Crippen molar-refractivity contribution in [2.45, 2.75) is 12.6 Å².